The highest BCUT2D eigenvalue weighted by Gasteiger charge is 2.00. The van der Waals surface area contributed by atoms with Gasteiger partial charge >= 0.3 is 5.97 Å². The van der Waals surface area contributed by atoms with Crippen LogP contribution in [0.4, 0.5) is 0 Å². The molecule has 0 aliphatic carbocycles. The molecule has 0 aliphatic heterocycles. The summed E-state index contributed by atoms with van der Waals surface area (Å²) in [5, 5.41) is 8.46. The van der Waals surface area contributed by atoms with E-state index in [-0.39, 0.29) is 0 Å². The van der Waals surface area contributed by atoms with Crippen LogP contribution in [0.3, 0.4) is 0 Å². The van der Waals surface area contributed by atoms with E-state index in [9.17, 15) is 4.79 Å². The van der Waals surface area contributed by atoms with Gasteiger partial charge in [-0.05, 0) is 46.6 Å². The molecule has 1 aromatic carbocycles. The average molecular weight is 271 g/mol. The maximum absolute atomic E-state index is 10.3. The first-order valence-electron chi connectivity index (χ1n) is 4.47. The molecular formula is C11H11BrO3. The third kappa shape index (κ3) is 3.75. The molecule has 0 saturated carbocycles. The summed E-state index contributed by atoms with van der Waals surface area (Å²) in [4.78, 5) is 10.3. The van der Waals surface area contributed by atoms with Gasteiger partial charge in [0.2, 0.25) is 0 Å². The number of carboxylic acid groups (broad SMARTS) is 1. The Morgan fingerprint density at radius 2 is 2.33 bits per heavy atom. The first-order valence-corrected chi connectivity index (χ1v) is 5.26. The van der Waals surface area contributed by atoms with Gasteiger partial charge in [-0.2, -0.15) is 0 Å². The first-order chi connectivity index (χ1) is 7.13. The van der Waals surface area contributed by atoms with Gasteiger partial charge < -0.3 is 9.84 Å². The summed E-state index contributed by atoms with van der Waals surface area (Å²) in [6, 6.07) is 5.41. The van der Waals surface area contributed by atoms with Gasteiger partial charge in [0.05, 0.1) is 11.1 Å². The van der Waals surface area contributed by atoms with Crippen molar-refractivity contribution in [2.75, 3.05) is 6.61 Å². The van der Waals surface area contributed by atoms with Gasteiger partial charge in [-0.25, -0.2) is 4.79 Å². The van der Waals surface area contributed by atoms with Crippen LogP contribution in [0.15, 0.2) is 28.7 Å². The minimum absolute atomic E-state index is 0.600. The summed E-state index contributed by atoms with van der Waals surface area (Å²) >= 11 is 3.35. The van der Waals surface area contributed by atoms with Crippen LogP contribution < -0.4 is 4.74 Å². The smallest absolute Gasteiger partial charge is 0.328 e. The van der Waals surface area contributed by atoms with E-state index >= 15 is 0 Å². The highest BCUT2D eigenvalue weighted by Crippen LogP contribution is 2.26. The van der Waals surface area contributed by atoms with Crippen molar-refractivity contribution < 1.29 is 14.6 Å². The van der Waals surface area contributed by atoms with Gasteiger partial charge in [-0.1, -0.05) is 6.07 Å². The van der Waals surface area contributed by atoms with Gasteiger partial charge in [0.25, 0.3) is 0 Å². The number of aliphatic carboxylic acids is 1. The molecule has 0 aromatic heterocycles. The van der Waals surface area contributed by atoms with Crippen LogP contribution in [0, 0.1) is 0 Å². The zero-order chi connectivity index (χ0) is 11.3. The molecule has 0 fully saturated rings. The van der Waals surface area contributed by atoms with Crippen molar-refractivity contribution in [1.29, 1.82) is 0 Å². The molecule has 0 bridgehead atoms. The molecule has 0 radical (unpaired) electrons. The van der Waals surface area contributed by atoms with Crippen LogP contribution in [0.1, 0.15) is 12.5 Å². The van der Waals surface area contributed by atoms with Crippen LogP contribution in [0.2, 0.25) is 0 Å². The fourth-order valence-electron chi connectivity index (χ4n) is 1.06. The zero-order valence-electron chi connectivity index (χ0n) is 8.24. The van der Waals surface area contributed by atoms with E-state index in [0.717, 1.165) is 21.9 Å². The molecule has 0 amide bonds. The largest absolute Gasteiger partial charge is 0.493 e. The zero-order valence-corrected chi connectivity index (χ0v) is 9.82. The quantitative estimate of drug-likeness (QED) is 0.856. The van der Waals surface area contributed by atoms with Gasteiger partial charge in [-0.15, -0.1) is 0 Å². The molecule has 0 heterocycles. The lowest BCUT2D eigenvalue weighted by Crippen LogP contribution is -1.92. The van der Waals surface area contributed by atoms with Crippen LogP contribution in [0.5, 0.6) is 5.75 Å². The second-order valence-corrected chi connectivity index (χ2v) is 3.65. The van der Waals surface area contributed by atoms with Crippen molar-refractivity contribution in [3.63, 3.8) is 0 Å². The first kappa shape index (κ1) is 11.8. The Kier molecular flexibility index (Phi) is 4.37. The molecule has 0 spiro atoms. The molecule has 4 heteroatoms. The minimum Gasteiger partial charge on any atom is -0.493 e. The third-order valence-electron chi connectivity index (χ3n) is 1.67. The number of hydrogen-bond acceptors (Lipinski definition) is 2. The Balaban J connectivity index is 2.86. The molecule has 1 aromatic rings. The van der Waals surface area contributed by atoms with E-state index in [1.54, 1.807) is 12.1 Å². The van der Waals surface area contributed by atoms with Crippen LogP contribution in [-0.4, -0.2) is 17.7 Å². The van der Waals surface area contributed by atoms with Gasteiger partial charge in [-0.3, -0.25) is 0 Å². The van der Waals surface area contributed by atoms with E-state index in [2.05, 4.69) is 15.9 Å². The number of carboxylic acids is 1. The SMILES string of the molecule is CCOc1ccc(C=CC(=O)O)cc1Br. The molecule has 0 atom stereocenters. The molecular weight excluding hydrogens is 260 g/mol. The summed E-state index contributed by atoms with van der Waals surface area (Å²) in [5.41, 5.74) is 0.813. The van der Waals surface area contributed by atoms with Gasteiger partial charge in [0.15, 0.2) is 0 Å². The van der Waals surface area contributed by atoms with E-state index in [1.165, 1.54) is 6.08 Å². The van der Waals surface area contributed by atoms with E-state index in [4.69, 9.17) is 9.84 Å². The van der Waals surface area contributed by atoms with Gasteiger partial charge in [0.1, 0.15) is 5.75 Å². The number of benzene rings is 1. The molecule has 15 heavy (non-hydrogen) atoms. The molecule has 1 N–H and O–H groups in total. The minimum atomic E-state index is -0.958. The predicted molar refractivity (Wildman–Crippen MR) is 62.0 cm³/mol. The molecule has 80 valence electrons. The van der Waals surface area contributed by atoms with Crippen molar-refractivity contribution in [2.45, 2.75) is 6.92 Å². The van der Waals surface area contributed by atoms with Crippen molar-refractivity contribution >= 4 is 28.0 Å². The number of ether oxygens (including phenoxy) is 1. The predicted octanol–water partition coefficient (Wildman–Crippen LogP) is 2.95. The molecule has 0 saturated heterocycles. The van der Waals surface area contributed by atoms with Crippen LogP contribution in [-0.2, 0) is 4.79 Å². The maximum atomic E-state index is 10.3. The lowest BCUT2D eigenvalue weighted by molar-refractivity contribution is -0.131. The van der Waals surface area contributed by atoms with Gasteiger partial charge in [0, 0.05) is 6.08 Å². The Hall–Kier alpha value is -1.29. The highest BCUT2D eigenvalue weighted by atomic mass is 79.9. The Labute approximate surface area is 96.5 Å². The Morgan fingerprint density at radius 1 is 1.60 bits per heavy atom. The Morgan fingerprint density at radius 3 is 2.87 bits per heavy atom. The summed E-state index contributed by atoms with van der Waals surface area (Å²) in [5.74, 6) is -0.204. The third-order valence-corrected chi connectivity index (χ3v) is 2.29. The normalized spacial score (nSPS) is 10.5. The molecule has 1 rings (SSSR count). The summed E-state index contributed by atoms with van der Waals surface area (Å²) in [6.45, 7) is 2.51. The van der Waals surface area contributed by atoms with Crippen LogP contribution in [0.25, 0.3) is 6.08 Å². The fourth-order valence-corrected chi connectivity index (χ4v) is 1.57. The highest BCUT2D eigenvalue weighted by molar-refractivity contribution is 9.10. The number of rotatable bonds is 4. The van der Waals surface area contributed by atoms with Crippen molar-refractivity contribution in [1.82, 2.24) is 0 Å². The number of halogens is 1. The van der Waals surface area contributed by atoms with E-state index in [1.807, 2.05) is 13.0 Å². The Bertz CT molecular complexity index is 385. The van der Waals surface area contributed by atoms with Crippen LogP contribution >= 0.6 is 15.9 Å². The fraction of sp³-hybridized carbons (Fsp3) is 0.182. The summed E-state index contributed by atoms with van der Waals surface area (Å²) in [6.07, 6.45) is 2.63. The summed E-state index contributed by atoms with van der Waals surface area (Å²) in [7, 11) is 0. The lowest BCUT2D eigenvalue weighted by atomic mass is 10.2. The topological polar surface area (TPSA) is 46.5 Å². The van der Waals surface area contributed by atoms with E-state index < -0.39 is 5.97 Å². The second-order valence-electron chi connectivity index (χ2n) is 2.79. The summed E-state index contributed by atoms with van der Waals surface area (Å²) < 4.78 is 6.15. The van der Waals surface area contributed by atoms with Crippen molar-refractivity contribution in [3.05, 3.63) is 34.3 Å². The molecule has 0 aliphatic rings. The van der Waals surface area contributed by atoms with E-state index in [0.29, 0.717) is 6.61 Å². The monoisotopic (exact) mass is 270 g/mol. The lowest BCUT2D eigenvalue weighted by Gasteiger charge is -2.05. The van der Waals surface area contributed by atoms with Crippen molar-refractivity contribution in [3.8, 4) is 5.75 Å². The molecule has 3 nitrogen and oxygen atoms in total. The average Bonchev–Trinajstić information content (AvgIpc) is 2.19. The molecule has 0 unspecified atom stereocenters. The second kappa shape index (κ2) is 5.56. The number of carbonyl (C=O) groups is 1. The maximum Gasteiger partial charge on any atom is 0.328 e. The standard InChI is InChI=1S/C11H11BrO3/c1-2-15-10-5-3-8(7-9(10)12)4-6-11(13)14/h3-7H,2H2,1H3,(H,13,14). The number of hydrogen-bond donors (Lipinski definition) is 1. The van der Waals surface area contributed by atoms with Crippen molar-refractivity contribution in [2.24, 2.45) is 0 Å².